The Hall–Kier alpha value is -2.42. The molecule has 0 atom stereocenters. The summed E-state index contributed by atoms with van der Waals surface area (Å²) in [6.45, 7) is 0. The molecule has 6 nitrogen and oxygen atoms in total. The number of nitrogens with zero attached hydrogens (tertiary/aromatic N) is 2. The van der Waals surface area contributed by atoms with Gasteiger partial charge in [-0.3, -0.25) is 14.9 Å². The predicted octanol–water partition coefficient (Wildman–Crippen LogP) is 5.88. The van der Waals surface area contributed by atoms with Crippen molar-refractivity contribution in [2.45, 2.75) is 17.7 Å². The highest BCUT2D eigenvalue weighted by Gasteiger charge is 2.11. The number of carbonyl (C=O) groups excluding carboxylic acids is 1. The van der Waals surface area contributed by atoms with Crippen molar-refractivity contribution in [3.63, 3.8) is 0 Å². The number of halogens is 1. The molecule has 0 saturated heterocycles. The number of non-ortho nitro benzene ring substituents is 1. The molecule has 0 aliphatic heterocycles. The lowest BCUT2D eigenvalue weighted by Crippen LogP contribution is -2.11. The number of nitrogens with one attached hydrogen (secondary N) is 1. The minimum Gasteiger partial charge on any atom is -0.302 e. The summed E-state index contributed by atoms with van der Waals surface area (Å²) in [7, 11) is 0. The van der Waals surface area contributed by atoms with Crippen molar-refractivity contribution in [2.24, 2.45) is 0 Å². The van der Waals surface area contributed by atoms with E-state index in [1.54, 1.807) is 29.3 Å². The normalized spacial score (nSPS) is 10.6. The van der Waals surface area contributed by atoms with Gasteiger partial charge < -0.3 is 5.32 Å². The van der Waals surface area contributed by atoms with Gasteiger partial charge in [-0.15, -0.1) is 23.1 Å². The van der Waals surface area contributed by atoms with Gasteiger partial charge >= 0.3 is 0 Å². The largest absolute Gasteiger partial charge is 0.302 e. The molecule has 0 spiro atoms. The van der Waals surface area contributed by atoms with Crippen LogP contribution in [0.2, 0.25) is 5.02 Å². The van der Waals surface area contributed by atoms with E-state index in [9.17, 15) is 14.9 Å². The second-order valence-corrected chi connectivity index (χ2v) is 8.26. The Morgan fingerprint density at radius 3 is 2.79 bits per heavy atom. The molecule has 0 aliphatic rings. The Morgan fingerprint density at radius 2 is 2.04 bits per heavy atom. The number of rotatable bonds is 8. The Morgan fingerprint density at radius 1 is 1.25 bits per heavy atom. The number of anilines is 1. The van der Waals surface area contributed by atoms with Crippen molar-refractivity contribution in [3.8, 4) is 11.3 Å². The third kappa shape index (κ3) is 5.79. The molecule has 1 heterocycles. The average Bonchev–Trinajstić information content (AvgIpc) is 3.15. The van der Waals surface area contributed by atoms with Crippen LogP contribution in [0.5, 0.6) is 0 Å². The molecule has 1 amide bonds. The molecule has 144 valence electrons. The number of hydrogen-bond acceptors (Lipinski definition) is 6. The maximum absolute atomic E-state index is 12.1. The van der Waals surface area contributed by atoms with E-state index < -0.39 is 4.92 Å². The maximum Gasteiger partial charge on any atom is 0.270 e. The van der Waals surface area contributed by atoms with Crippen LogP contribution in [0.15, 0.2) is 58.8 Å². The van der Waals surface area contributed by atoms with Gasteiger partial charge in [0.1, 0.15) is 0 Å². The first-order valence-electron chi connectivity index (χ1n) is 8.40. The van der Waals surface area contributed by atoms with Crippen LogP contribution in [0.25, 0.3) is 11.3 Å². The summed E-state index contributed by atoms with van der Waals surface area (Å²) >= 11 is 8.83. The number of thiazole rings is 1. The van der Waals surface area contributed by atoms with Crippen LogP contribution in [0, 0.1) is 10.1 Å². The van der Waals surface area contributed by atoms with Crippen molar-refractivity contribution in [1.82, 2.24) is 4.98 Å². The van der Waals surface area contributed by atoms with Crippen LogP contribution in [-0.4, -0.2) is 21.6 Å². The number of nitro benzene ring substituents is 1. The van der Waals surface area contributed by atoms with Gasteiger partial charge in [0, 0.05) is 39.4 Å². The lowest BCUT2D eigenvalue weighted by Gasteiger charge is -2.03. The van der Waals surface area contributed by atoms with Gasteiger partial charge in [0.05, 0.1) is 10.6 Å². The number of thioether (sulfide) groups is 1. The Kier molecular flexibility index (Phi) is 7.02. The topological polar surface area (TPSA) is 85.1 Å². The molecule has 9 heteroatoms. The second-order valence-electron chi connectivity index (χ2n) is 5.80. The lowest BCUT2D eigenvalue weighted by atomic mass is 10.1. The zero-order valence-corrected chi connectivity index (χ0v) is 17.0. The molecule has 28 heavy (non-hydrogen) atoms. The fourth-order valence-electron chi connectivity index (χ4n) is 2.38. The number of nitro groups is 1. The van der Waals surface area contributed by atoms with Gasteiger partial charge in [0.2, 0.25) is 5.91 Å². The molecule has 0 aliphatic carbocycles. The monoisotopic (exact) mass is 433 g/mol. The van der Waals surface area contributed by atoms with Gasteiger partial charge in [-0.05, 0) is 36.4 Å². The van der Waals surface area contributed by atoms with E-state index in [2.05, 4.69) is 10.3 Å². The van der Waals surface area contributed by atoms with E-state index in [1.807, 2.05) is 24.3 Å². The van der Waals surface area contributed by atoms with Crippen LogP contribution in [0.4, 0.5) is 10.8 Å². The lowest BCUT2D eigenvalue weighted by molar-refractivity contribution is -0.384. The van der Waals surface area contributed by atoms with Crippen molar-refractivity contribution >= 4 is 51.4 Å². The molecule has 0 bridgehead atoms. The summed E-state index contributed by atoms with van der Waals surface area (Å²) < 4.78 is 0. The first-order chi connectivity index (χ1) is 13.5. The number of carbonyl (C=O) groups is 1. The number of hydrogen-bond donors (Lipinski definition) is 1. The summed E-state index contributed by atoms with van der Waals surface area (Å²) in [6.07, 6.45) is 1.13. The van der Waals surface area contributed by atoms with Crippen LogP contribution in [0.1, 0.15) is 12.8 Å². The Bertz CT molecular complexity index is 977. The van der Waals surface area contributed by atoms with E-state index in [4.69, 9.17) is 11.6 Å². The maximum atomic E-state index is 12.1. The van der Waals surface area contributed by atoms with Gasteiger partial charge in [-0.25, -0.2) is 4.98 Å². The van der Waals surface area contributed by atoms with Crippen molar-refractivity contribution < 1.29 is 9.72 Å². The molecule has 1 N–H and O–H groups in total. The van der Waals surface area contributed by atoms with E-state index in [0.29, 0.717) is 27.8 Å². The third-order valence-electron chi connectivity index (χ3n) is 3.73. The standard InChI is InChI=1S/C19H16ClN3O3S2/c20-14-6-8-16(9-7-14)27-10-2-5-18(24)22-19-21-17(12-28-19)13-3-1-4-15(11-13)23(25)26/h1,3-4,6-9,11-12H,2,5,10H2,(H,21,22,24). The number of amides is 1. The number of benzene rings is 2. The summed E-state index contributed by atoms with van der Waals surface area (Å²) in [5, 5.41) is 16.6. The van der Waals surface area contributed by atoms with E-state index in [0.717, 1.165) is 17.1 Å². The molecular formula is C19H16ClN3O3S2. The summed E-state index contributed by atoms with van der Waals surface area (Å²) in [5.74, 6) is 0.725. The minimum absolute atomic E-state index is 0.00859. The van der Waals surface area contributed by atoms with Gasteiger partial charge in [-0.1, -0.05) is 23.7 Å². The highest BCUT2D eigenvalue weighted by atomic mass is 35.5. The molecule has 2 aromatic carbocycles. The van der Waals surface area contributed by atoms with Crippen LogP contribution in [-0.2, 0) is 4.79 Å². The molecule has 0 radical (unpaired) electrons. The van der Waals surface area contributed by atoms with Crippen LogP contribution >= 0.6 is 34.7 Å². The van der Waals surface area contributed by atoms with Crippen molar-refractivity contribution in [1.29, 1.82) is 0 Å². The van der Waals surface area contributed by atoms with Gasteiger partial charge in [0.15, 0.2) is 5.13 Å². The molecule has 3 aromatic rings. The quantitative estimate of drug-likeness (QED) is 0.207. The van der Waals surface area contributed by atoms with Crippen molar-refractivity contribution in [2.75, 3.05) is 11.1 Å². The smallest absolute Gasteiger partial charge is 0.270 e. The number of aromatic nitrogens is 1. The molecule has 0 saturated carbocycles. The van der Waals surface area contributed by atoms with E-state index in [-0.39, 0.29) is 11.6 Å². The first-order valence-corrected chi connectivity index (χ1v) is 10.6. The third-order valence-corrected chi connectivity index (χ3v) is 5.84. The fourth-order valence-corrected chi connectivity index (χ4v) is 4.09. The Balaban J connectivity index is 1.48. The molecular weight excluding hydrogens is 418 g/mol. The molecule has 3 rings (SSSR count). The molecule has 0 fully saturated rings. The van der Waals surface area contributed by atoms with Crippen molar-refractivity contribution in [3.05, 3.63) is 69.0 Å². The van der Waals surface area contributed by atoms with Crippen LogP contribution < -0.4 is 5.32 Å². The second kappa shape index (κ2) is 9.68. The predicted molar refractivity (Wildman–Crippen MR) is 114 cm³/mol. The average molecular weight is 434 g/mol. The van der Waals surface area contributed by atoms with Gasteiger partial charge in [0.25, 0.3) is 5.69 Å². The minimum atomic E-state index is -0.444. The van der Waals surface area contributed by atoms with Gasteiger partial charge in [-0.2, -0.15) is 0 Å². The summed E-state index contributed by atoms with van der Waals surface area (Å²) in [6, 6.07) is 13.9. The highest BCUT2D eigenvalue weighted by Crippen LogP contribution is 2.27. The molecule has 1 aromatic heterocycles. The first kappa shape index (κ1) is 20.3. The highest BCUT2D eigenvalue weighted by molar-refractivity contribution is 7.99. The summed E-state index contributed by atoms with van der Waals surface area (Å²) in [4.78, 5) is 28.0. The zero-order chi connectivity index (χ0) is 19.9. The fraction of sp³-hybridized carbons (Fsp3) is 0.158. The van der Waals surface area contributed by atoms with E-state index in [1.165, 1.54) is 23.5 Å². The molecule has 0 unspecified atom stereocenters. The van der Waals surface area contributed by atoms with E-state index >= 15 is 0 Å². The SMILES string of the molecule is O=C(CCCSc1ccc(Cl)cc1)Nc1nc(-c2cccc([N+](=O)[O-])c2)cs1. The summed E-state index contributed by atoms with van der Waals surface area (Å²) in [5.41, 5.74) is 1.25. The van der Waals surface area contributed by atoms with Crippen LogP contribution in [0.3, 0.4) is 0 Å². The zero-order valence-electron chi connectivity index (χ0n) is 14.6. The Labute approximate surface area is 175 Å².